The number of pyridine rings is 1. The van der Waals surface area contributed by atoms with Gasteiger partial charge >= 0.3 is 0 Å². The van der Waals surface area contributed by atoms with Crippen LogP contribution in [-0.4, -0.2) is 17.1 Å². The van der Waals surface area contributed by atoms with Gasteiger partial charge in [0.05, 0.1) is 28.5 Å². The van der Waals surface area contributed by atoms with Crippen molar-refractivity contribution >= 4 is 43.8 Å². The molecule has 0 bridgehead atoms. The SMILES string of the molecule is COc1cc(Nc2c(-c3ccccc3)cnc3ccsc23)cc2cc[nH]c12. The van der Waals surface area contributed by atoms with E-state index in [1.807, 2.05) is 36.7 Å². The first kappa shape index (κ1) is 15.9. The van der Waals surface area contributed by atoms with Gasteiger partial charge in [0.25, 0.3) is 0 Å². The average molecular weight is 371 g/mol. The zero-order chi connectivity index (χ0) is 18.2. The zero-order valence-corrected chi connectivity index (χ0v) is 15.5. The largest absolute Gasteiger partial charge is 0.494 e. The van der Waals surface area contributed by atoms with Crippen LogP contribution in [0.3, 0.4) is 0 Å². The summed E-state index contributed by atoms with van der Waals surface area (Å²) in [5.74, 6) is 0.817. The van der Waals surface area contributed by atoms with E-state index in [0.29, 0.717) is 0 Å². The summed E-state index contributed by atoms with van der Waals surface area (Å²) < 4.78 is 6.71. The Bertz CT molecular complexity index is 1240. The maximum Gasteiger partial charge on any atom is 0.144 e. The molecule has 0 spiro atoms. The van der Waals surface area contributed by atoms with Gasteiger partial charge in [-0.3, -0.25) is 4.98 Å². The molecule has 0 amide bonds. The molecule has 0 radical (unpaired) electrons. The summed E-state index contributed by atoms with van der Waals surface area (Å²) in [6.07, 6.45) is 3.87. The second kappa shape index (κ2) is 6.45. The molecular weight excluding hydrogens is 354 g/mol. The summed E-state index contributed by atoms with van der Waals surface area (Å²) >= 11 is 1.69. The van der Waals surface area contributed by atoms with E-state index in [1.54, 1.807) is 18.4 Å². The average Bonchev–Trinajstić information content (AvgIpc) is 3.37. The van der Waals surface area contributed by atoms with Crippen LogP contribution < -0.4 is 10.1 Å². The number of rotatable bonds is 4. The van der Waals surface area contributed by atoms with Crippen molar-refractivity contribution in [2.75, 3.05) is 12.4 Å². The molecule has 0 aliphatic heterocycles. The van der Waals surface area contributed by atoms with Crippen molar-refractivity contribution in [2.45, 2.75) is 0 Å². The summed E-state index contributed by atoms with van der Waals surface area (Å²) in [6.45, 7) is 0. The molecule has 0 aliphatic rings. The minimum absolute atomic E-state index is 0.817. The molecule has 5 rings (SSSR count). The summed E-state index contributed by atoms with van der Waals surface area (Å²) in [5.41, 5.74) is 6.27. The number of methoxy groups -OCH3 is 1. The molecule has 27 heavy (non-hydrogen) atoms. The van der Waals surface area contributed by atoms with Gasteiger partial charge in [-0.05, 0) is 29.1 Å². The number of benzene rings is 2. The summed E-state index contributed by atoms with van der Waals surface area (Å²) in [5, 5.41) is 6.82. The Morgan fingerprint density at radius 1 is 1.07 bits per heavy atom. The van der Waals surface area contributed by atoms with Gasteiger partial charge in [-0.1, -0.05) is 30.3 Å². The van der Waals surface area contributed by atoms with Crippen LogP contribution in [0.15, 0.2) is 72.4 Å². The lowest BCUT2D eigenvalue weighted by Crippen LogP contribution is -1.96. The molecule has 0 atom stereocenters. The summed E-state index contributed by atoms with van der Waals surface area (Å²) in [6, 6.07) is 18.6. The summed E-state index contributed by atoms with van der Waals surface area (Å²) in [4.78, 5) is 7.87. The molecule has 0 unspecified atom stereocenters. The fraction of sp³-hybridized carbons (Fsp3) is 0.0455. The first-order valence-corrected chi connectivity index (χ1v) is 9.55. The van der Waals surface area contributed by atoms with Gasteiger partial charge in [-0.2, -0.15) is 0 Å². The second-order valence-electron chi connectivity index (χ2n) is 6.29. The second-order valence-corrected chi connectivity index (χ2v) is 7.21. The van der Waals surface area contributed by atoms with Crippen molar-refractivity contribution < 1.29 is 4.74 Å². The fourth-order valence-corrected chi connectivity index (χ4v) is 4.24. The number of fused-ring (bicyclic) bond motifs is 2. The molecule has 0 aliphatic carbocycles. The normalized spacial score (nSPS) is 11.1. The van der Waals surface area contributed by atoms with Gasteiger partial charge in [0.2, 0.25) is 0 Å². The van der Waals surface area contributed by atoms with Gasteiger partial charge in [0, 0.05) is 35.1 Å². The first-order chi connectivity index (χ1) is 13.3. The molecule has 3 aromatic heterocycles. The third-order valence-electron chi connectivity index (χ3n) is 4.67. The van der Waals surface area contributed by atoms with E-state index >= 15 is 0 Å². The van der Waals surface area contributed by atoms with E-state index in [4.69, 9.17) is 4.74 Å². The van der Waals surface area contributed by atoms with Crippen LogP contribution in [0.4, 0.5) is 11.4 Å². The molecule has 132 valence electrons. The molecule has 0 saturated carbocycles. The maximum atomic E-state index is 5.57. The Kier molecular flexibility index (Phi) is 3.80. The predicted octanol–water partition coefficient (Wildman–Crippen LogP) is 6.20. The van der Waals surface area contributed by atoms with Crippen LogP contribution >= 0.6 is 11.3 Å². The van der Waals surface area contributed by atoms with Gasteiger partial charge in [-0.15, -0.1) is 11.3 Å². The number of nitrogens with one attached hydrogen (secondary N) is 2. The predicted molar refractivity (Wildman–Crippen MR) is 113 cm³/mol. The number of nitrogens with zero attached hydrogens (tertiary/aromatic N) is 1. The highest BCUT2D eigenvalue weighted by atomic mass is 32.1. The molecule has 2 aromatic carbocycles. The van der Waals surface area contributed by atoms with Crippen molar-refractivity contribution in [1.82, 2.24) is 9.97 Å². The van der Waals surface area contributed by atoms with Gasteiger partial charge in [0.15, 0.2) is 0 Å². The summed E-state index contributed by atoms with van der Waals surface area (Å²) in [7, 11) is 1.69. The van der Waals surface area contributed by atoms with E-state index in [-0.39, 0.29) is 0 Å². The van der Waals surface area contributed by atoms with Crippen LogP contribution in [0.1, 0.15) is 0 Å². The Balaban J connectivity index is 1.69. The number of aromatic amines is 1. The van der Waals surface area contributed by atoms with Crippen LogP contribution in [0.5, 0.6) is 5.75 Å². The number of aromatic nitrogens is 2. The number of ether oxygens (including phenoxy) is 1. The maximum absolute atomic E-state index is 5.57. The zero-order valence-electron chi connectivity index (χ0n) is 14.7. The van der Waals surface area contributed by atoms with Crippen molar-refractivity contribution in [1.29, 1.82) is 0 Å². The number of H-pyrrole nitrogens is 1. The van der Waals surface area contributed by atoms with Crippen LogP contribution in [-0.2, 0) is 0 Å². The molecule has 3 heterocycles. The third-order valence-corrected chi connectivity index (χ3v) is 5.59. The Morgan fingerprint density at radius 2 is 1.96 bits per heavy atom. The van der Waals surface area contributed by atoms with E-state index in [0.717, 1.165) is 49.4 Å². The lowest BCUT2D eigenvalue weighted by molar-refractivity contribution is 0.419. The van der Waals surface area contributed by atoms with E-state index in [9.17, 15) is 0 Å². The van der Waals surface area contributed by atoms with Crippen molar-refractivity contribution in [2.24, 2.45) is 0 Å². The molecule has 5 heteroatoms. The van der Waals surface area contributed by atoms with Gasteiger partial charge in [-0.25, -0.2) is 0 Å². The highest BCUT2D eigenvalue weighted by Crippen LogP contribution is 2.39. The monoisotopic (exact) mass is 371 g/mol. The van der Waals surface area contributed by atoms with Gasteiger partial charge in [0.1, 0.15) is 5.75 Å². The quantitative estimate of drug-likeness (QED) is 0.396. The number of thiophene rings is 1. The van der Waals surface area contributed by atoms with Gasteiger partial charge < -0.3 is 15.0 Å². The highest BCUT2D eigenvalue weighted by molar-refractivity contribution is 7.17. The lowest BCUT2D eigenvalue weighted by atomic mass is 10.1. The Morgan fingerprint density at radius 3 is 2.81 bits per heavy atom. The molecule has 4 nitrogen and oxygen atoms in total. The Hall–Kier alpha value is -3.31. The fourth-order valence-electron chi connectivity index (χ4n) is 3.39. The minimum atomic E-state index is 0.817. The van der Waals surface area contributed by atoms with Crippen molar-refractivity contribution in [3.63, 3.8) is 0 Å². The molecule has 2 N–H and O–H groups in total. The van der Waals surface area contributed by atoms with E-state index < -0.39 is 0 Å². The molecular formula is C22H17N3OS. The standard InChI is InChI=1S/C22H17N3OS/c1-26-19-12-16(11-15-7-9-23-20(15)19)25-21-17(14-5-3-2-4-6-14)13-24-18-8-10-27-22(18)21/h2-13,23H,1H3,(H,24,25). The lowest BCUT2D eigenvalue weighted by Gasteiger charge is -2.14. The number of hydrogen-bond donors (Lipinski definition) is 2. The minimum Gasteiger partial charge on any atom is -0.494 e. The van der Waals surface area contributed by atoms with Crippen molar-refractivity contribution in [3.05, 3.63) is 72.4 Å². The van der Waals surface area contributed by atoms with Crippen LogP contribution in [0, 0.1) is 0 Å². The smallest absolute Gasteiger partial charge is 0.144 e. The molecule has 0 saturated heterocycles. The van der Waals surface area contributed by atoms with Crippen LogP contribution in [0.2, 0.25) is 0 Å². The van der Waals surface area contributed by atoms with Crippen LogP contribution in [0.25, 0.3) is 32.2 Å². The first-order valence-electron chi connectivity index (χ1n) is 8.67. The van der Waals surface area contributed by atoms with E-state index in [2.05, 4.69) is 51.0 Å². The third kappa shape index (κ3) is 2.73. The number of anilines is 2. The topological polar surface area (TPSA) is 49.9 Å². The Labute approximate surface area is 160 Å². The highest BCUT2D eigenvalue weighted by Gasteiger charge is 2.14. The number of hydrogen-bond acceptors (Lipinski definition) is 4. The van der Waals surface area contributed by atoms with Crippen molar-refractivity contribution in [3.8, 4) is 16.9 Å². The molecule has 5 aromatic rings. The van der Waals surface area contributed by atoms with E-state index in [1.165, 1.54) is 0 Å². The molecule has 0 fully saturated rings.